The van der Waals surface area contributed by atoms with E-state index in [9.17, 15) is 4.57 Å². The lowest BCUT2D eigenvalue weighted by atomic mass is 10.2. The third kappa shape index (κ3) is 5.66. The van der Waals surface area contributed by atoms with Gasteiger partial charge in [0.25, 0.3) is 0 Å². The fourth-order valence-corrected chi connectivity index (χ4v) is 2.75. The molecule has 100 valence electrons. The molecule has 0 N–H and O–H groups in total. The average molecular weight is 263 g/mol. The predicted octanol–water partition coefficient (Wildman–Crippen LogP) is 3.89. The quantitative estimate of drug-likeness (QED) is 0.414. The molecule has 0 saturated heterocycles. The van der Waals surface area contributed by atoms with Crippen LogP contribution in [0.1, 0.15) is 52.4 Å². The third-order valence-corrected chi connectivity index (χ3v) is 3.96. The Morgan fingerprint density at radius 2 is 1.59 bits per heavy atom. The van der Waals surface area contributed by atoms with E-state index in [-0.39, 0.29) is 13.2 Å². The zero-order valence-corrected chi connectivity index (χ0v) is 11.6. The molecule has 17 heavy (non-hydrogen) atoms. The maximum Gasteiger partial charge on any atom is 0.550 e. The molecule has 0 aromatic rings. The molecule has 0 radical (unpaired) electrons. The topological polar surface area (TPSA) is 57.1 Å². The fraction of sp³-hybridized carbons (Fsp3) is 0.909. The highest BCUT2D eigenvalue weighted by atomic mass is 31.2. The molecule has 5 nitrogen and oxygen atoms in total. The molecule has 0 amide bonds. The molecule has 0 heterocycles. The molecule has 1 fully saturated rings. The van der Waals surface area contributed by atoms with Crippen molar-refractivity contribution >= 4 is 13.5 Å². The second kappa shape index (κ2) is 7.85. The summed E-state index contributed by atoms with van der Waals surface area (Å²) in [7, 11) is -3.49. The van der Waals surface area contributed by atoms with Gasteiger partial charge in [0.1, 0.15) is 0 Å². The number of rotatable bonds is 6. The van der Waals surface area contributed by atoms with E-state index in [0.29, 0.717) is 0 Å². The van der Waals surface area contributed by atoms with E-state index in [1.54, 1.807) is 13.8 Å². The van der Waals surface area contributed by atoms with Crippen LogP contribution in [0.3, 0.4) is 0 Å². The van der Waals surface area contributed by atoms with E-state index >= 15 is 0 Å². The van der Waals surface area contributed by atoms with Crippen molar-refractivity contribution in [2.45, 2.75) is 52.4 Å². The Morgan fingerprint density at radius 3 is 2.06 bits per heavy atom. The first-order chi connectivity index (χ1) is 8.20. The predicted molar refractivity (Wildman–Crippen MR) is 67.1 cm³/mol. The molecule has 0 unspecified atom stereocenters. The minimum absolute atomic E-state index is 0.280. The van der Waals surface area contributed by atoms with Crippen molar-refractivity contribution < 1.29 is 18.2 Å². The molecule has 1 rings (SSSR count). The van der Waals surface area contributed by atoms with Crippen molar-refractivity contribution in [1.82, 2.24) is 0 Å². The largest absolute Gasteiger partial charge is 0.550 e. The van der Waals surface area contributed by atoms with Crippen molar-refractivity contribution in [2.75, 3.05) is 13.2 Å². The van der Waals surface area contributed by atoms with Gasteiger partial charge in [0, 0.05) is 0 Å². The molecule has 0 atom stereocenters. The highest BCUT2D eigenvalue weighted by Gasteiger charge is 2.27. The van der Waals surface area contributed by atoms with Crippen LogP contribution in [-0.4, -0.2) is 18.9 Å². The molecule has 1 saturated carbocycles. The molecule has 1 aliphatic rings. The van der Waals surface area contributed by atoms with Gasteiger partial charge < -0.3 is 0 Å². The first-order valence-corrected chi connectivity index (χ1v) is 7.80. The number of hydrogen-bond donors (Lipinski definition) is 0. The molecular weight excluding hydrogens is 241 g/mol. The first-order valence-electron chi connectivity index (χ1n) is 6.34. The Bertz CT molecular complexity index is 273. The Labute approximate surface area is 103 Å². The summed E-state index contributed by atoms with van der Waals surface area (Å²) in [6.45, 7) is 4.05. The number of nitrogens with zero attached hydrogens (tertiary/aromatic N) is 1. The van der Waals surface area contributed by atoms with Gasteiger partial charge in [0.2, 0.25) is 0 Å². The van der Waals surface area contributed by atoms with E-state index < -0.39 is 7.82 Å². The van der Waals surface area contributed by atoms with Gasteiger partial charge in [-0.3, -0.25) is 13.7 Å². The van der Waals surface area contributed by atoms with Crippen molar-refractivity contribution in [3.63, 3.8) is 0 Å². The molecule has 1 aliphatic carbocycles. The summed E-state index contributed by atoms with van der Waals surface area (Å²) in [5, 5.41) is 3.96. The highest BCUT2D eigenvalue weighted by Crippen LogP contribution is 2.49. The van der Waals surface area contributed by atoms with Crippen molar-refractivity contribution in [3.8, 4) is 0 Å². The Hall–Kier alpha value is -0.380. The monoisotopic (exact) mass is 263 g/mol. The molecule has 0 aromatic carbocycles. The van der Waals surface area contributed by atoms with Gasteiger partial charge in [0.15, 0.2) is 0 Å². The third-order valence-electron chi connectivity index (χ3n) is 2.53. The summed E-state index contributed by atoms with van der Waals surface area (Å²) < 4.78 is 27.0. The molecule has 0 spiro atoms. The van der Waals surface area contributed by atoms with Crippen LogP contribution >= 0.6 is 7.82 Å². The summed E-state index contributed by atoms with van der Waals surface area (Å²) in [5.41, 5.74) is 0.960. The van der Waals surface area contributed by atoms with E-state index in [2.05, 4.69) is 5.16 Å². The van der Waals surface area contributed by atoms with Gasteiger partial charge in [-0.2, -0.15) is 0 Å². The smallest absolute Gasteiger partial charge is 0.292 e. The molecular formula is C11H22NO4P. The second-order valence-electron chi connectivity index (χ2n) is 3.94. The van der Waals surface area contributed by atoms with E-state index in [0.717, 1.165) is 31.4 Å². The van der Waals surface area contributed by atoms with Crippen LogP contribution in [0.25, 0.3) is 0 Å². The summed E-state index contributed by atoms with van der Waals surface area (Å²) >= 11 is 0. The normalized spacial score (nSPS) is 17.6. The van der Waals surface area contributed by atoms with Crippen LogP contribution in [0.2, 0.25) is 0 Å². The Balaban J connectivity index is 2.54. The fourth-order valence-electron chi connectivity index (χ4n) is 1.74. The van der Waals surface area contributed by atoms with Crippen LogP contribution < -0.4 is 0 Å². The second-order valence-corrected chi connectivity index (χ2v) is 5.51. The zero-order chi connectivity index (χ0) is 12.6. The Morgan fingerprint density at radius 1 is 1.06 bits per heavy atom. The zero-order valence-electron chi connectivity index (χ0n) is 10.7. The molecule has 0 aliphatic heterocycles. The van der Waals surface area contributed by atoms with Crippen molar-refractivity contribution in [2.24, 2.45) is 5.16 Å². The first kappa shape index (κ1) is 14.7. The maximum atomic E-state index is 12.0. The average Bonchev–Trinajstić information content (AvgIpc) is 2.55. The lowest BCUT2D eigenvalue weighted by molar-refractivity contribution is 0.124. The number of oxime groups is 1. The van der Waals surface area contributed by atoms with Crippen molar-refractivity contribution in [1.29, 1.82) is 0 Å². The minimum atomic E-state index is -3.49. The maximum absolute atomic E-state index is 12.0. The molecule has 0 bridgehead atoms. The van der Waals surface area contributed by atoms with Crippen LogP contribution in [0.4, 0.5) is 0 Å². The SMILES string of the molecule is CCOP(=O)(OCC)ON=C1CCCCCC1. The lowest BCUT2D eigenvalue weighted by Gasteiger charge is -2.13. The summed E-state index contributed by atoms with van der Waals surface area (Å²) in [6, 6.07) is 0. The Kier molecular flexibility index (Phi) is 6.78. The summed E-state index contributed by atoms with van der Waals surface area (Å²) in [4.78, 5) is 0. The summed E-state index contributed by atoms with van der Waals surface area (Å²) in [5.74, 6) is 0. The minimum Gasteiger partial charge on any atom is -0.292 e. The van der Waals surface area contributed by atoms with Crippen molar-refractivity contribution in [3.05, 3.63) is 0 Å². The van der Waals surface area contributed by atoms with Gasteiger partial charge in [-0.1, -0.05) is 18.0 Å². The molecule has 0 aromatic heterocycles. The van der Waals surface area contributed by atoms with E-state index in [1.165, 1.54) is 12.8 Å². The van der Waals surface area contributed by atoms with Crippen LogP contribution in [0, 0.1) is 0 Å². The summed E-state index contributed by atoms with van der Waals surface area (Å²) in [6.07, 6.45) is 6.53. The van der Waals surface area contributed by atoms with Gasteiger partial charge in [0.05, 0.1) is 18.9 Å². The standard InChI is InChI=1S/C11H22NO4P/c1-3-14-17(13,15-4-2)16-12-11-9-7-5-6-8-10-11/h3-10H2,1-2H3. The van der Waals surface area contributed by atoms with Gasteiger partial charge in [-0.15, -0.1) is 0 Å². The van der Waals surface area contributed by atoms with Crippen LogP contribution in [-0.2, 0) is 18.2 Å². The van der Waals surface area contributed by atoms with Crippen LogP contribution in [0.5, 0.6) is 0 Å². The lowest BCUT2D eigenvalue weighted by Crippen LogP contribution is -2.01. The van der Waals surface area contributed by atoms with E-state index in [1.807, 2.05) is 0 Å². The molecule has 6 heteroatoms. The number of hydrogen-bond acceptors (Lipinski definition) is 5. The van der Waals surface area contributed by atoms with E-state index in [4.69, 9.17) is 13.7 Å². The van der Waals surface area contributed by atoms with Gasteiger partial charge >= 0.3 is 7.82 Å². The van der Waals surface area contributed by atoms with Gasteiger partial charge in [-0.25, -0.2) is 4.57 Å². The number of phosphoric acid groups is 1. The highest BCUT2D eigenvalue weighted by molar-refractivity contribution is 7.48. The van der Waals surface area contributed by atoms with Crippen LogP contribution in [0.15, 0.2) is 5.16 Å². The number of phosphoric ester groups is 1. The van der Waals surface area contributed by atoms with Gasteiger partial charge in [-0.05, 0) is 39.5 Å².